The predicted octanol–water partition coefficient (Wildman–Crippen LogP) is 23.8. The Bertz CT molecular complexity index is 1520. The Balaban J connectivity index is 4.16. The molecule has 0 aliphatic carbocycles. The number of carbonyl (C=O) groups is 3. The van der Waals surface area contributed by atoms with Crippen LogP contribution in [-0.4, -0.2) is 37.2 Å². The number of hydrogen-bond donors (Lipinski definition) is 0. The predicted molar refractivity (Wildman–Crippen MR) is 348 cm³/mol. The second-order valence-corrected chi connectivity index (χ2v) is 23.1. The molecule has 0 fully saturated rings. The number of carbonyl (C=O) groups excluding carboxylic acids is 3. The first-order chi connectivity index (χ1) is 39.5. The van der Waals surface area contributed by atoms with Crippen molar-refractivity contribution < 1.29 is 28.6 Å². The number of ether oxygens (including phenoxy) is 3. The molecule has 0 aromatic carbocycles. The third-order valence-electron chi connectivity index (χ3n) is 15.1. The molecule has 0 aromatic heterocycles. The fourth-order valence-electron chi connectivity index (χ4n) is 9.93. The van der Waals surface area contributed by atoms with Crippen LogP contribution in [0.3, 0.4) is 0 Å². The van der Waals surface area contributed by atoms with Gasteiger partial charge in [-0.1, -0.05) is 298 Å². The van der Waals surface area contributed by atoms with Crippen LogP contribution in [0.2, 0.25) is 0 Å². The first kappa shape index (κ1) is 76.6. The minimum Gasteiger partial charge on any atom is -0.462 e. The van der Waals surface area contributed by atoms with Gasteiger partial charge in [0.25, 0.3) is 0 Å². The Morgan fingerprint density at radius 3 is 0.775 bits per heavy atom. The monoisotopic (exact) mass is 1110 g/mol. The molecule has 0 aromatic rings. The largest absolute Gasteiger partial charge is 0.462 e. The highest BCUT2D eigenvalue weighted by Crippen LogP contribution is 2.17. The van der Waals surface area contributed by atoms with Gasteiger partial charge >= 0.3 is 17.9 Å². The lowest BCUT2D eigenvalue weighted by atomic mass is 10.0. The normalized spacial score (nSPS) is 12.6. The fourth-order valence-corrected chi connectivity index (χ4v) is 9.93. The van der Waals surface area contributed by atoms with Crippen molar-refractivity contribution in [2.24, 2.45) is 0 Å². The molecular formula is C74H130O6. The van der Waals surface area contributed by atoms with Gasteiger partial charge < -0.3 is 14.2 Å². The van der Waals surface area contributed by atoms with Gasteiger partial charge in [-0.05, 0) is 116 Å². The second-order valence-electron chi connectivity index (χ2n) is 23.1. The van der Waals surface area contributed by atoms with E-state index < -0.39 is 6.10 Å². The van der Waals surface area contributed by atoms with Crippen LogP contribution in [0.1, 0.15) is 348 Å². The summed E-state index contributed by atoms with van der Waals surface area (Å²) in [7, 11) is 0. The average molecular weight is 1120 g/mol. The molecule has 6 nitrogen and oxygen atoms in total. The van der Waals surface area contributed by atoms with E-state index in [2.05, 4.69) is 106 Å². The van der Waals surface area contributed by atoms with E-state index in [0.29, 0.717) is 19.3 Å². The van der Waals surface area contributed by atoms with Crippen molar-refractivity contribution >= 4 is 17.9 Å². The van der Waals surface area contributed by atoms with E-state index in [1.165, 1.54) is 199 Å². The van der Waals surface area contributed by atoms with Gasteiger partial charge in [0, 0.05) is 19.3 Å². The number of allylic oxidation sites excluding steroid dienone is 14. The minimum absolute atomic E-state index is 0.0784. The van der Waals surface area contributed by atoms with Crippen molar-refractivity contribution in [1.29, 1.82) is 0 Å². The van der Waals surface area contributed by atoms with E-state index in [1.54, 1.807) is 0 Å². The van der Waals surface area contributed by atoms with E-state index in [-0.39, 0.29) is 31.1 Å². The van der Waals surface area contributed by atoms with E-state index in [4.69, 9.17) is 14.2 Å². The Hall–Kier alpha value is -3.41. The first-order valence-corrected chi connectivity index (χ1v) is 34.6. The van der Waals surface area contributed by atoms with E-state index in [9.17, 15) is 14.4 Å². The fraction of sp³-hybridized carbons (Fsp3) is 0.770. The molecule has 0 saturated heterocycles. The number of unbranched alkanes of at least 4 members (excludes halogenated alkanes) is 38. The molecule has 0 rings (SSSR count). The van der Waals surface area contributed by atoms with Gasteiger partial charge in [0.2, 0.25) is 0 Å². The van der Waals surface area contributed by atoms with Crippen molar-refractivity contribution in [3.8, 4) is 0 Å². The summed E-state index contributed by atoms with van der Waals surface area (Å²) in [6.07, 6.45) is 90.4. The summed E-state index contributed by atoms with van der Waals surface area (Å²) >= 11 is 0. The molecular weight excluding hydrogens is 985 g/mol. The summed E-state index contributed by atoms with van der Waals surface area (Å²) in [4.78, 5) is 38.3. The van der Waals surface area contributed by atoms with Crippen LogP contribution in [0.15, 0.2) is 85.1 Å². The van der Waals surface area contributed by atoms with Gasteiger partial charge in [-0.15, -0.1) is 0 Å². The molecule has 462 valence electrons. The third-order valence-corrected chi connectivity index (χ3v) is 15.1. The zero-order valence-corrected chi connectivity index (χ0v) is 53.1. The molecule has 1 atom stereocenters. The number of esters is 3. The SMILES string of the molecule is CC/C=C\C/C=C\C/C=C\C/C=C\C/C=C\CCCCCCCCCCCCCCCCCCCC(=O)OCC(COC(=O)CCCCCCC/C=C\CCCCCCC)OC(=O)CCCCCCC/C=C\CCCCCCCC. The molecule has 0 amide bonds. The van der Waals surface area contributed by atoms with Crippen molar-refractivity contribution in [1.82, 2.24) is 0 Å². The summed E-state index contributed by atoms with van der Waals surface area (Å²) in [6, 6.07) is 0. The van der Waals surface area contributed by atoms with Crippen LogP contribution in [-0.2, 0) is 28.6 Å². The molecule has 80 heavy (non-hydrogen) atoms. The van der Waals surface area contributed by atoms with E-state index in [0.717, 1.165) is 109 Å². The van der Waals surface area contributed by atoms with Gasteiger partial charge in [-0.2, -0.15) is 0 Å². The Morgan fingerprint density at radius 1 is 0.263 bits per heavy atom. The van der Waals surface area contributed by atoms with Gasteiger partial charge in [0.15, 0.2) is 6.10 Å². The summed E-state index contributed by atoms with van der Waals surface area (Å²) in [6.45, 7) is 6.54. The van der Waals surface area contributed by atoms with Crippen LogP contribution >= 0.6 is 0 Å². The van der Waals surface area contributed by atoms with Crippen molar-refractivity contribution in [3.63, 3.8) is 0 Å². The molecule has 0 heterocycles. The molecule has 0 aliphatic rings. The van der Waals surface area contributed by atoms with Crippen molar-refractivity contribution in [2.45, 2.75) is 354 Å². The van der Waals surface area contributed by atoms with Crippen LogP contribution in [0.25, 0.3) is 0 Å². The van der Waals surface area contributed by atoms with Gasteiger partial charge in [0.05, 0.1) is 0 Å². The second kappa shape index (κ2) is 68.1. The zero-order valence-electron chi connectivity index (χ0n) is 53.1. The quantitative estimate of drug-likeness (QED) is 0.0261. The Kier molecular flexibility index (Phi) is 65.2. The number of hydrogen-bond acceptors (Lipinski definition) is 6. The van der Waals surface area contributed by atoms with E-state index in [1.807, 2.05) is 0 Å². The summed E-state index contributed by atoms with van der Waals surface area (Å²) in [5.74, 6) is -0.879. The lowest BCUT2D eigenvalue weighted by Crippen LogP contribution is -2.30. The van der Waals surface area contributed by atoms with Gasteiger partial charge in [-0.25, -0.2) is 0 Å². The minimum atomic E-state index is -0.783. The van der Waals surface area contributed by atoms with Crippen LogP contribution in [0.5, 0.6) is 0 Å². The molecule has 0 N–H and O–H groups in total. The lowest BCUT2D eigenvalue weighted by Gasteiger charge is -2.18. The summed E-state index contributed by atoms with van der Waals surface area (Å²) in [5, 5.41) is 0. The van der Waals surface area contributed by atoms with E-state index >= 15 is 0 Å². The highest BCUT2D eigenvalue weighted by molar-refractivity contribution is 5.71. The third kappa shape index (κ3) is 65.4. The first-order valence-electron chi connectivity index (χ1n) is 34.6. The van der Waals surface area contributed by atoms with Gasteiger partial charge in [0.1, 0.15) is 13.2 Å². The topological polar surface area (TPSA) is 78.9 Å². The molecule has 0 spiro atoms. The Labute approximate surface area is 496 Å². The van der Waals surface area contributed by atoms with Crippen molar-refractivity contribution in [2.75, 3.05) is 13.2 Å². The summed E-state index contributed by atoms with van der Waals surface area (Å²) < 4.78 is 16.9. The standard InChI is InChI=1S/C74H130O6/c1-4-7-10-13-16-19-22-25-28-29-30-31-32-33-34-35-36-37-38-39-40-41-42-43-44-45-47-49-52-55-58-61-64-67-73(76)79-70-71(69-78-72(75)66-63-60-57-54-51-48-27-24-21-18-15-12-9-6-3)80-74(77)68-65-62-59-56-53-50-46-26-23-20-17-14-11-8-5-2/h7,10,16,19,24-28,30-31,33-34,46,71H,4-6,8-9,11-15,17-18,20-23,29,32,35-45,47-70H2,1-3H3/b10-7-,19-16-,27-24-,28-25-,31-30-,34-33-,46-26-. The molecule has 0 saturated carbocycles. The maximum atomic E-state index is 12.9. The molecule has 6 heteroatoms. The maximum absolute atomic E-state index is 12.9. The highest BCUT2D eigenvalue weighted by Gasteiger charge is 2.19. The molecule has 0 aliphatic heterocycles. The van der Waals surface area contributed by atoms with Crippen LogP contribution < -0.4 is 0 Å². The number of rotatable bonds is 63. The maximum Gasteiger partial charge on any atom is 0.306 e. The molecule has 0 radical (unpaired) electrons. The van der Waals surface area contributed by atoms with Crippen LogP contribution in [0.4, 0.5) is 0 Å². The van der Waals surface area contributed by atoms with Crippen molar-refractivity contribution in [3.05, 3.63) is 85.1 Å². The zero-order chi connectivity index (χ0) is 57.8. The van der Waals surface area contributed by atoms with Gasteiger partial charge in [-0.3, -0.25) is 14.4 Å². The summed E-state index contributed by atoms with van der Waals surface area (Å²) in [5.41, 5.74) is 0. The Morgan fingerprint density at radius 2 is 0.487 bits per heavy atom. The molecule has 0 bridgehead atoms. The highest BCUT2D eigenvalue weighted by atomic mass is 16.6. The average Bonchev–Trinajstić information content (AvgIpc) is 3.46. The molecule has 1 unspecified atom stereocenters. The van der Waals surface area contributed by atoms with Crippen LogP contribution in [0, 0.1) is 0 Å². The lowest BCUT2D eigenvalue weighted by molar-refractivity contribution is -0.167. The smallest absolute Gasteiger partial charge is 0.306 e.